The van der Waals surface area contributed by atoms with Gasteiger partial charge in [-0.2, -0.15) is 0 Å². The zero-order valence-electron chi connectivity index (χ0n) is 15.0. The highest BCUT2D eigenvalue weighted by Crippen LogP contribution is 2.20. The Hall–Kier alpha value is -3.52. The molecule has 1 N–H and O–H groups in total. The molecule has 1 aliphatic heterocycles. The molecule has 0 unspecified atom stereocenters. The maximum Gasteiger partial charge on any atom is 0.316 e. The number of nitrogens with one attached hydrogen (secondary N) is 1. The molecule has 0 aliphatic carbocycles. The minimum absolute atomic E-state index is 0.0611. The van der Waals surface area contributed by atoms with Gasteiger partial charge in [0.15, 0.2) is 0 Å². The second-order valence-electron chi connectivity index (χ2n) is 6.78. The first-order valence-corrected chi connectivity index (χ1v) is 9.07. The van der Waals surface area contributed by atoms with Crippen LogP contribution in [0.2, 0.25) is 0 Å². The van der Waals surface area contributed by atoms with Gasteiger partial charge >= 0.3 is 6.01 Å². The number of hydrogen-bond donors (Lipinski definition) is 1. The summed E-state index contributed by atoms with van der Waals surface area (Å²) in [5.74, 6) is 0.758. The third kappa shape index (κ3) is 3.14. The van der Waals surface area contributed by atoms with Crippen LogP contribution in [0.1, 0.15) is 5.69 Å². The van der Waals surface area contributed by atoms with Crippen LogP contribution in [0.3, 0.4) is 0 Å². The van der Waals surface area contributed by atoms with Crippen LogP contribution in [0.5, 0.6) is 6.01 Å². The summed E-state index contributed by atoms with van der Waals surface area (Å²) in [6, 6.07) is 12.0. The molecule has 0 atom stereocenters. The van der Waals surface area contributed by atoms with Crippen molar-refractivity contribution in [3.63, 3.8) is 0 Å². The summed E-state index contributed by atoms with van der Waals surface area (Å²) in [4.78, 5) is 30.2. The minimum atomic E-state index is -0.141. The van der Waals surface area contributed by atoms with Gasteiger partial charge in [0.05, 0.1) is 6.20 Å². The molecule has 28 heavy (non-hydrogen) atoms. The summed E-state index contributed by atoms with van der Waals surface area (Å²) in [7, 11) is 0. The molecule has 4 aromatic rings. The Morgan fingerprint density at radius 1 is 1.07 bits per heavy atom. The van der Waals surface area contributed by atoms with Crippen LogP contribution in [0.4, 0.5) is 0 Å². The number of benzene rings is 1. The lowest BCUT2D eigenvalue weighted by Crippen LogP contribution is -2.53. The van der Waals surface area contributed by atoms with Gasteiger partial charge in [0, 0.05) is 49.5 Å². The minimum Gasteiger partial charge on any atom is -0.457 e. The topological polar surface area (TPSA) is 88.4 Å². The maximum absolute atomic E-state index is 12.5. The number of rotatable bonds is 5. The van der Waals surface area contributed by atoms with E-state index in [1.165, 1.54) is 0 Å². The molecular weight excluding hydrogens is 356 g/mol. The first-order valence-electron chi connectivity index (χ1n) is 9.07. The summed E-state index contributed by atoms with van der Waals surface area (Å²) in [5, 5.41) is 0. The summed E-state index contributed by atoms with van der Waals surface area (Å²) in [5.41, 5.74) is 2.20. The van der Waals surface area contributed by atoms with Crippen LogP contribution >= 0.6 is 0 Å². The third-order valence-electron chi connectivity index (χ3n) is 4.75. The van der Waals surface area contributed by atoms with Crippen LogP contribution in [0.15, 0.2) is 66.0 Å². The van der Waals surface area contributed by atoms with Crippen molar-refractivity contribution in [2.45, 2.75) is 12.6 Å². The van der Waals surface area contributed by atoms with E-state index in [0.29, 0.717) is 18.1 Å². The predicted octanol–water partition coefficient (Wildman–Crippen LogP) is 1.74. The smallest absolute Gasteiger partial charge is 0.316 e. The fraction of sp³-hybridized carbons (Fsp3) is 0.200. The lowest BCUT2D eigenvalue weighted by atomic mass is 10.1. The van der Waals surface area contributed by atoms with Gasteiger partial charge in [-0.25, -0.2) is 15.0 Å². The second-order valence-corrected chi connectivity index (χ2v) is 6.78. The number of aromatic nitrogens is 5. The average molecular weight is 374 g/mol. The van der Waals surface area contributed by atoms with Crippen LogP contribution in [-0.4, -0.2) is 48.4 Å². The number of imidazole rings is 1. The Labute approximate surface area is 160 Å². The molecule has 8 nitrogen and oxygen atoms in total. The molecule has 1 aliphatic rings. The molecule has 1 aromatic carbocycles. The molecule has 0 saturated carbocycles. The number of ether oxygens (including phenoxy) is 1. The molecule has 0 amide bonds. The Morgan fingerprint density at radius 2 is 1.86 bits per heavy atom. The van der Waals surface area contributed by atoms with Crippen molar-refractivity contribution in [1.29, 1.82) is 0 Å². The van der Waals surface area contributed by atoms with Crippen molar-refractivity contribution >= 4 is 5.52 Å². The predicted molar refractivity (Wildman–Crippen MR) is 103 cm³/mol. The Balaban J connectivity index is 1.32. The van der Waals surface area contributed by atoms with E-state index in [4.69, 9.17) is 4.74 Å². The van der Waals surface area contributed by atoms with Crippen molar-refractivity contribution in [3.05, 3.63) is 77.2 Å². The van der Waals surface area contributed by atoms with Crippen molar-refractivity contribution in [3.8, 4) is 17.4 Å². The van der Waals surface area contributed by atoms with E-state index in [2.05, 4.69) is 24.8 Å². The van der Waals surface area contributed by atoms with E-state index >= 15 is 0 Å². The van der Waals surface area contributed by atoms with Gasteiger partial charge in [0.25, 0.3) is 5.56 Å². The second kappa shape index (κ2) is 6.90. The van der Waals surface area contributed by atoms with Gasteiger partial charge in [-0.05, 0) is 6.07 Å². The van der Waals surface area contributed by atoms with Crippen molar-refractivity contribution in [2.75, 3.05) is 13.1 Å². The van der Waals surface area contributed by atoms with Gasteiger partial charge in [0.1, 0.15) is 17.4 Å². The van der Waals surface area contributed by atoms with Crippen molar-refractivity contribution in [1.82, 2.24) is 29.2 Å². The lowest BCUT2D eigenvalue weighted by molar-refractivity contribution is 0.00802. The number of fused-ring (bicyclic) bond motifs is 1. The highest BCUT2D eigenvalue weighted by atomic mass is 16.5. The largest absolute Gasteiger partial charge is 0.457 e. The van der Waals surface area contributed by atoms with Crippen molar-refractivity contribution in [2.24, 2.45) is 0 Å². The van der Waals surface area contributed by atoms with Gasteiger partial charge < -0.3 is 9.72 Å². The van der Waals surface area contributed by atoms with E-state index in [1.54, 1.807) is 24.7 Å². The SMILES string of the molecule is O=c1[nH]c(CN2CC(Oc3ncccn3)C2)cn2c(-c3ccccc3)ncc12. The van der Waals surface area contributed by atoms with E-state index in [9.17, 15) is 4.79 Å². The number of aromatic amines is 1. The normalized spacial score (nSPS) is 14.9. The molecule has 3 aromatic heterocycles. The van der Waals surface area contributed by atoms with Gasteiger partial charge in [-0.15, -0.1) is 0 Å². The monoisotopic (exact) mass is 374 g/mol. The summed E-state index contributed by atoms with van der Waals surface area (Å²) in [6.45, 7) is 2.15. The molecule has 1 saturated heterocycles. The fourth-order valence-corrected chi connectivity index (χ4v) is 3.40. The first kappa shape index (κ1) is 16.6. The maximum atomic E-state index is 12.5. The standard InChI is InChI=1S/C20H18N6O2/c27-19-17-9-23-18(14-5-2-1-3-6-14)26(17)11-15(24-19)10-25-12-16(13-25)28-20-21-7-4-8-22-20/h1-9,11,16H,10,12-13H2,(H,24,27). The van der Waals surface area contributed by atoms with Crippen LogP contribution in [0.25, 0.3) is 16.9 Å². The summed E-state index contributed by atoms with van der Waals surface area (Å²) >= 11 is 0. The van der Waals surface area contributed by atoms with Gasteiger partial charge in [-0.3, -0.25) is 14.1 Å². The highest BCUT2D eigenvalue weighted by molar-refractivity contribution is 5.61. The Morgan fingerprint density at radius 3 is 2.64 bits per heavy atom. The van der Waals surface area contributed by atoms with Crippen LogP contribution in [-0.2, 0) is 6.54 Å². The molecule has 1 fully saturated rings. The molecule has 8 heteroatoms. The molecule has 4 heterocycles. The number of nitrogens with zero attached hydrogens (tertiary/aromatic N) is 5. The van der Waals surface area contributed by atoms with Gasteiger partial charge in [-0.1, -0.05) is 30.3 Å². The zero-order chi connectivity index (χ0) is 18.9. The van der Waals surface area contributed by atoms with E-state index in [-0.39, 0.29) is 11.7 Å². The quantitative estimate of drug-likeness (QED) is 0.572. The number of hydrogen-bond acceptors (Lipinski definition) is 6. The first-order chi connectivity index (χ1) is 13.8. The van der Waals surface area contributed by atoms with Crippen molar-refractivity contribution < 1.29 is 4.74 Å². The molecule has 140 valence electrons. The number of H-pyrrole nitrogens is 1. The summed E-state index contributed by atoms with van der Waals surface area (Å²) in [6.07, 6.45) is 6.94. The molecule has 0 bridgehead atoms. The van der Waals surface area contributed by atoms with E-state index in [1.807, 2.05) is 40.9 Å². The number of likely N-dealkylation sites (tertiary alicyclic amines) is 1. The molecule has 5 rings (SSSR count). The third-order valence-corrected chi connectivity index (χ3v) is 4.75. The molecule has 0 radical (unpaired) electrons. The molecular formula is C20H18N6O2. The zero-order valence-corrected chi connectivity index (χ0v) is 15.0. The Kier molecular flexibility index (Phi) is 4.10. The van der Waals surface area contributed by atoms with Crippen LogP contribution < -0.4 is 10.3 Å². The average Bonchev–Trinajstić information content (AvgIpc) is 3.12. The molecule has 0 spiro atoms. The Bertz CT molecular complexity index is 1150. The van der Waals surface area contributed by atoms with E-state index < -0.39 is 0 Å². The van der Waals surface area contributed by atoms with Crippen LogP contribution in [0, 0.1) is 0 Å². The fourth-order valence-electron chi connectivity index (χ4n) is 3.40. The van der Waals surface area contributed by atoms with E-state index in [0.717, 1.165) is 30.2 Å². The summed E-state index contributed by atoms with van der Waals surface area (Å²) < 4.78 is 7.58. The van der Waals surface area contributed by atoms with Gasteiger partial charge in [0.2, 0.25) is 0 Å². The highest BCUT2D eigenvalue weighted by Gasteiger charge is 2.29. The lowest BCUT2D eigenvalue weighted by Gasteiger charge is -2.38.